The number of Topliss-reactive ketones (excluding diaryl/α,β-unsaturated/α-hetero) is 1. The summed E-state index contributed by atoms with van der Waals surface area (Å²) < 4.78 is 0. The van der Waals surface area contributed by atoms with Crippen molar-refractivity contribution >= 4 is 41.2 Å². The smallest absolute Gasteiger partial charge is 0.326 e. The predicted octanol–water partition coefficient (Wildman–Crippen LogP) is 3.25. The second-order valence-corrected chi connectivity index (χ2v) is 14.3. The molecular weight excluding hydrogens is 606 g/mol. The fourth-order valence-electron chi connectivity index (χ4n) is 6.60. The van der Waals surface area contributed by atoms with Gasteiger partial charge in [-0.15, -0.1) is 0 Å². The van der Waals surface area contributed by atoms with E-state index in [0.717, 1.165) is 40.7 Å². The molecule has 3 amide bonds. The molecule has 248 valence electrons. The number of aliphatic carboxylic acids is 1. The molecule has 0 saturated heterocycles. The van der Waals surface area contributed by atoms with E-state index in [2.05, 4.69) is 16.0 Å². The number of thioether (sulfide) groups is 1. The zero-order valence-electron chi connectivity index (χ0n) is 27.4. The topological polar surface area (TPSA) is 162 Å². The molecule has 3 aliphatic carbocycles. The molecule has 1 spiro atoms. The van der Waals surface area contributed by atoms with Crippen LogP contribution in [-0.2, 0) is 30.4 Å². The van der Waals surface area contributed by atoms with Crippen LogP contribution in [0.1, 0.15) is 66.4 Å². The Morgan fingerprint density at radius 2 is 1.57 bits per heavy atom. The summed E-state index contributed by atoms with van der Waals surface area (Å²) in [5, 5.41) is 29.0. The van der Waals surface area contributed by atoms with E-state index in [1.165, 1.54) is 18.7 Å². The lowest BCUT2D eigenvalue weighted by Crippen LogP contribution is -2.56. The molecule has 10 nitrogen and oxygen atoms in total. The van der Waals surface area contributed by atoms with E-state index >= 15 is 0 Å². The molecule has 3 aliphatic rings. The van der Waals surface area contributed by atoms with Gasteiger partial charge in [0, 0.05) is 35.8 Å². The summed E-state index contributed by atoms with van der Waals surface area (Å²) in [6.07, 6.45) is 3.69. The van der Waals surface area contributed by atoms with Crippen LogP contribution in [0.3, 0.4) is 0 Å². The van der Waals surface area contributed by atoms with Crippen LogP contribution in [0.15, 0.2) is 64.3 Å². The van der Waals surface area contributed by atoms with Gasteiger partial charge in [0.2, 0.25) is 17.7 Å². The molecule has 5 N–H and O–H groups in total. The van der Waals surface area contributed by atoms with E-state index in [-0.39, 0.29) is 30.3 Å². The van der Waals surface area contributed by atoms with Crippen molar-refractivity contribution in [3.63, 3.8) is 0 Å². The number of hydrogen-bond acceptors (Lipinski definition) is 7. The van der Waals surface area contributed by atoms with Crippen LogP contribution in [0.25, 0.3) is 0 Å². The number of carboxylic acids is 1. The molecule has 0 unspecified atom stereocenters. The van der Waals surface area contributed by atoms with Crippen LogP contribution >= 0.6 is 11.8 Å². The van der Waals surface area contributed by atoms with E-state index in [0.29, 0.717) is 11.3 Å². The summed E-state index contributed by atoms with van der Waals surface area (Å²) in [5.41, 5.74) is 3.11. The van der Waals surface area contributed by atoms with E-state index in [4.69, 9.17) is 0 Å². The van der Waals surface area contributed by atoms with Gasteiger partial charge >= 0.3 is 5.97 Å². The van der Waals surface area contributed by atoms with Gasteiger partial charge in [0.05, 0.1) is 0 Å². The second kappa shape index (κ2) is 14.0. The molecule has 0 aromatic heterocycles. The van der Waals surface area contributed by atoms with E-state index < -0.39 is 52.8 Å². The van der Waals surface area contributed by atoms with Crippen molar-refractivity contribution in [2.24, 2.45) is 11.3 Å². The van der Waals surface area contributed by atoms with Crippen molar-refractivity contribution in [1.82, 2.24) is 16.0 Å². The summed E-state index contributed by atoms with van der Waals surface area (Å²) in [5.74, 6) is -2.34. The van der Waals surface area contributed by atoms with Crippen molar-refractivity contribution in [3.8, 4) is 0 Å². The third kappa shape index (κ3) is 7.31. The van der Waals surface area contributed by atoms with Gasteiger partial charge in [0.25, 0.3) is 0 Å². The third-order valence-electron chi connectivity index (χ3n) is 9.33. The number of amides is 3. The molecule has 0 radical (unpaired) electrons. The standard InChI is InChI=1S/C35H45N3O7S/c1-19(2)14-26(31(41)38-27(33(43)44)16-23-10-8-7-9-11-23)37-32(42)28(36-22(5)39)18-46-17-25-20(3)15-24-29(25)21(4)35(12-13-35)34(6,45)30(24)40/h7-11,15,19,26-28,45H,12-14,16-18H2,1-6H3,(H,36,39)(H,37,42)(H,38,41)(H,43,44)/t26-,27-,28+,34-/m0/s1. The maximum absolute atomic E-state index is 13.5. The van der Waals surface area contributed by atoms with E-state index in [1.807, 2.05) is 39.8 Å². The average Bonchev–Trinajstić information content (AvgIpc) is 3.74. The van der Waals surface area contributed by atoms with Gasteiger partial charge in [-0.3, -0.25) is 19.2 Å². The van der Waals surface area contributed by atoms with Gasteiger partial charge in [-0.25, -0.2) is 4.79 Å². The number of fused-ring (bicyclic) bond motifs is 1. The minimum atomic E-state index is -1.44. The fraction of sp³-hybridized carbons (Fsp3) is 0.514. The zero-order chi connectivity index (χ0) is 34.0. The Kier molecular flexibility index (Phi) is 10.7. The first-order valence-corrected chi connectivity index (χ1v) is 16.9. The number of rotatable bonds is 14. The van der Waals surface area contributed by atoms with E-state index in [9.17, 15) is 34.2 Å². The molecule has 1 saturated carbocycles. The zero-order valence-corrected chi connectivity index (χ0v) is 28.2. The van der Waals surface area contributed by atoms with Crippen molar-refractivity contribution < 1.29 is 34.2 Å². The first-order valence-electron chi connectivity index (χ1n) is 15.7. The van der Waals surface area contributed by atoms with E-state index in [1.54, 1.807) is 31.2 Å². The lowest BCUT2D eigenvalue weighted by atomic mass is 9.67. The number of carbonyl (C=O) groups is 5. The maximum Gasteiger partial charge on any atom is 0.326 e. The molecule has 1 aromatic rings. The monoisotopic (exact) mass is 651 g/mol. The minimum Gasteiger partial charge on any atom is -0.480 e. The number of benzene rings is 1. The Morgan fingerprint density at radius 1 is 0.957 bits per heavy atom. The SMILES string of the molecule is CC(=O)N[C@H](CSCC1=C(C)C=C2C(=O)[C@](C)(O)C3(CC3)C(C)=C21)C(=O)N[C@@H](CC(C)C)C(=O)N[C@@H](Cc1ccccc1)C(=O)O. The average molecular weight is 652 g/mol. The van der Waals surface area contributed by atoms with Crippen LogP contribution in [-0.4, -0.2) is 74.9 Å². The predicted molar refractivity (Wildman–Crippen MR) is 177 cm³/mol. The van der Waals surface area contributed by atoms with Gasteiger partial charge in [-0.05, 0) is 74.3 Å². The molecule has 0 bridgehead atoms. The molecule has 1 aromatic carbocycles. The normalized spacial score (nSPS) is 21.8. The summed E-state index contributed by atoms with van der Waals surface area (Å²) in [4.78, 5) is 64.2. The Balaban J connectivity index is 1.44. The minimum absolute atomic E-state index is 0.00581. The quantitative estimate of drug-likeness (QED) is 0.205. The van der Waals surface area contributed by atoms with Crippen LogP contribution in [0.5, 0.6) is 0 Å². The number of carbonyl (C=O) groups excluding carboxylic acids is 4. The van der Waals surface area contributed by atoms with Gasteiger partial charge in [0.1, 0.15) is 23.7 Å². The van der Waals surface area contributed by atoms with Crippen molar-refractivity contribution in [3.05, 3.63) is 69.8 Å². The summed E-state index contributed by atoms with van der Waals surface area (Å²) in [6, 6.07) is 5.80. The lowest BCUT2D eigenvalue weighted by molar-refractivity contribution is -0.142. The Morgan fingerprint density at radius 3 is 2.13 bits per heavy atom. The first kappa shape index (κ1) is 35.2. The highest BCUT2D eigenvalue weighted by Gasteiger charge is 2.65. The number of aliphatic hydroxyl groups is 1. The number of ketones is 1. The van der Waals surface area contributed by atoms with Crippen LogP contribution in [0.2, 0.25) is 0 Å². The summed E-state index contributed by atoms with van der Waals surface area (Å²) >= 11 is 1.42. The second-order valence-electron chi connectivity index (χ2n) is 13.3. The molecule has 4 rings (SSSR count). The molecule has 0 heterocycles. The molecule has 0 aliphatic heterocycles. The fourth-order valence-corrected chi connectivity index (χ4v) is 7.77. The van der Waals surface area contributed by atoms with Gasteiger partial charge in [-0.2, -0.15) is 11.8 Å². The molecule has 4 atom stereocenters. The molecule has 11 heteroatoms. The van der Waals surface area contributed by atoms with Crippen molar-refractivity contribution in [2.75, 3.05) is 11.5 Å². The Labute approximate surface area is 274 Å². The largest absolute Gasteiger partial charge is 0.480 e. The van der Waals surface area contributed by atoms with Crippen molar-refractivity contribution in [2.45, 2.75) is 91.0 Å². The number of allylic oxidation sites excluding steroid dienone is 3. The van der Waals surface area contributed by atoms with Gasteiger partial charge < -0.3 is 26.2 Å². The molecule has 1 fully saturated rings. The van der Waals surface area contributed by atoms with Gasteiger partial charge in [0.15, 0.2) is 5.78 Å². The number of hydrogen-bond donors (Lipinski definition) is 5. The highest BCUT2D eigenvalue weighted by Crippen LogP contribution is 2.65. The highest BCUT2D eigenvalue weighted by atomic mass is 32.2. The Bertz CT molecular complexity index is 1500. The van der Waals surface area contributed by atoms with Crippen LogP contribution in [0, 0.1) is 11.3 Å². The number of carboxylic acid groups (broad SMARTS) is 1. The molecule has 46 heavy (non-hydrogen) atoms. The highest BCUT2D eigenvalue weighted by molar-refractivity contribution is 7.99. The van der Waals surface area contributed by atoms with Crippen LogP contribution < -0.4 is 16.0 Å². The lowest BCUT2D eigenvalue weighted by Gasteiger charge is -2.39. The molecular formula is C35H45N3O7S. The summed E-state index contributed by atoms with van der Waals surface area (Å²) in [7, 11) is 0. The Hall–Kier alpha value is -3.70. The maximum atomic E-state index is 13.5. The van der Waals surface area contributed by atoms with Crippen molar-refractivity contribution in [1.29, 1.82) is 0 Å². The summed E-state index contributed by atoms with van der Waals surface area (Å²) in [6.45, 7) is 10.6. The van der Waals surface area contributed by atoms with Gasteiger partial charge in [-0.1, -0.05) is 49.8 Å². The van der Waals surface area contributed by atoms with Crippen LogP contribution in [0.4, 0.5) is 0 Å². The first-order chi connectivity index (χ1) is 21.6. The number of nitrogens with one attached hydrogen (secondary N) is 3. The third-order valence-corrected chi connectivity index (χ3v) is 10.4.